The average Bonchev–Trinajstić information content (AvgIpc) is 2.25. The number of hydrogen-bond acceptors (Lipinski definition) is 3. The Morgan fingerprint density at radius 2 is 1.76 bits per heavy atom. The van der Waals surface area contributed by atoms with Crippen molar-refractivity contribution < 1.29 is 38.7 Å². The van der Waals surface area contributed by atoms with E-state index in [9.17, 15) is 4.39 Å². The lowest BCUT2D eigenvalue weighted by molar-refractivity contribution is -0.001000. The normalized spacial score (nSPS) is 9.06. The predicted molar refractivity (Wildman–Crippen MR) is 56.6 cm³/mol. The molecule has 0 atom stereocenters. The first-order chi connectivity index (χ1) is 7.34. The van der Waals surface area contributed by atoms with E-state index >= 15 is 0 Å². The molecule has 3 nitrogen and oxygen atoms in total. The van der Waals surface area contributed by atoms with Crippen LogP contribution in [0.2, 0.25) is 0 Å². The monoisotopic (exact) mass is 283 g/mol. The number of para-hydroxylation sites is 1. The molecule has 6 heteroatoms. The van der Waals surface area contributed by atoms with Crippen LogP contribution in [0.3, 0.4) is 0 Å². The maximum absolute atomic E-state index is 13.1. The second-order valence-corrected chi connectivity index (χ2v) is 3.02. The first-order valence-corrected chi connectivity index (χ1v) is 4.91. The summed E-state index contributed by atoms with van der Waals surface area (Å²) in [7, 11) is 1.65. The van der Waals surface area contributed by atoms with Crippen LogP contribution >= 0.6 is 0 Å². The van der Waals surface area contributed by atoms with Gasteiger partial charge < -0.3 is 39.6 Å². The molecule has 0 spiro atoms. The van der Waals surface area contributed by atoms with Crippen molar-refractivity contribution in [2.45, 2.75) is 0 Å². The van der Waals surface area contributed by atoms with E-state index in [0.717, 1.165) is 6.54 Å². The summed E-state index contributed by atoms with van der Waals surface area (Å²) in [5.74, 6) is -0.0274. The van der Waals surface area contributed by atoms with Gasteiger partial charge in [-0.05, 0) is 12.1 Å². The second kappa shape index (κ2) is 11.9. The third-order valence-electron chi connectivity index (χ3n) is 1.86. The van der Waals surface area contributed by atoms with E-state index in [-0.39, 0.29) is 30.6 Å². The van der Waals surface area contributed by atoms with Crippen LogP contribution in [0.25, 0.3) is 0 Å². The van der Waals surface area contributed by atoms with Gasteiger partial charge >= 0.3 is 0 Å². The van der Waals surface area contributed by atoms with Gasteiger partial charge in [-0.1, -0.05) is 12.1 Å². The van der Waals surface area contributed by atoms with Crippen molar-refractivity contribution in [1.82, 2.24) is 5.32 Å². The zero-order valence-corrected chi connectivity index (χ0v) is 11.1. The molecule has 0 bridgehead atoms. The minimum absolute atomic E-state index is 0. The third kappa shape index (κ3) is 8.21. The van der Waals surface area contributed by atoms with E-state index in [0.29, 0.717) is 25.5 Å². The number of benzene rings is 1. The molecule has 0 aliphatic heterocycles. The van der Waals surface area contributed by atoms with E-state index in [1.54, 1.807) is 25.3 Å². The molecule has 1 aromatic carbocycles. The Kier molecular flexibility index (Phi) is 13.2. The maximum Gasteiger partial charge on any atom is 0.165 e. The predicted octanol–water partition coefficient (Wildman–Crippen LogP) is -4.55. The van der Waals surface area contributed by atoms with Crippen molar-refractivity contribution in [3.8, 4) is 5.75 Å². The number of hydrogen-bond donors (Lipinski definition) is 1. The molecule has 17 heavy (non-hydrogen) atoms. The molecule has 1 rings (SSSR count). The minimum Gasteiger partial charge on any atom is -1.00 e. The third-order valence-corrected chi connectivity index (χ3v) is 1.86. The molecule has 0 unspecified atom stereocenters. The Bertz CT molecular complexity index is 290. The van der Waals surface area contributed by atoms with Gasteiger partial charge in [-0.15, -0.1) is 0 Å². The maximum atomic E-state index is 13.1. The van der Waals surface area contributed by atoms with E-state index in [4.69, 9.17) is 9.47 Å². The molecule has 0 aromatic heterocycles. The van der Waals surface area contributed by atoms with Crippen molar-refractivity contribution in [2.24, 2.45) is 0 Å². The number of methoxy groups -OCH3 is 1. The van der Waals surface area contributed by atoms with Crippen LogP contribution in [0.1, 0.15) is 0 Å². The fourth-order valence-corrected chi connectivity index (χ4v) is 1.09. The summed E-state index contributed by atoms with van der Waals surface area (Å²) in [6, 6.07) is 6.38. The summed E-state index contributed by atoms with van der Waals surface area (Å²) in [4.78, 5) is 0. The molecule has 0 heterocycles. The highest BCUT2D eigenvalue weighted by Gasteiger charge is 1.99. The van der Waals surface area contributed by atoms with Crippen LogP contribution in [0.4, 0.5) is 4.39 Å². The van der Waals surface area contributed by atoms with Crippen LogP contribution in [-0.2, 0) is 4.74 Å². The summed E-state index contributed by atoms with van der Waals surface area (Å²) in [5.41, 5.74) is 0. The molecular weight excluding hydrogens is 268 g/mol. The van der Waals surface area contributed by atoms with Crippen molar-refractivity contribution >= 4 is 0 Å². The Labute approximate surface area is 114 Å². The highest BCUT2D eigenvalue weighted by molar-refractivity contribution is 5.23. The smallest absolute Gasteiger partial charge is 0.165 e. The molecule has 0 aliphatic rings. The van der Waals surface area contributed by atoms with Crippen molar-refractivity contribution in [1.29, 1.82) is 0 Å². The largest absolute Gasteiger partial charge is 1.00 e. The van der Waals surface area contributed by atoms with Crippen molar-refractivity contribution in [2.75, 3.05) is 33.4 Å². The van der Waals surface area contributed by atoms with Gasteiger partial charge in [-0.2, -0.15) is 0 Å². The summed E-state index contributed by atoms with van der Waals surface area (Å²) in [6.07, 6.45) is 0. The van der Waals surface area contributed by atoms with E-state index in [1.165, 1.54) is 6.07 Å². The van der Waals surface area contributed by atoms with Gasteiger partial charge in [0.2, 0.25) is 0 Å². The first-order valence-electron chi connectivity index (χ1n) is 4.91. The summed E-state index contributed by atoms with van der Waals surface area (Å²) in [5, 5.41) is 3.10. The molecule has 0 amide bonds. The zero-order valence-electron chi connectivity index (χ0n) is 9.59. The molecule has 100 valence electrons. The van der Waals surface area contributed by atoms with Crippen molar-refractivity contribution in [3.05, 3.63) is 30.1 Å². The number of halogens is 3. The van der Waals surface area contributed by atoms with E-state index < -0.39 is 0 Å². The number of ether oxygens (including phenoxy) is 2. The highest BCUT2D eigenvalue weighted by atomic mass is 35.5. The molecule has 1 N–H and O–H groups in total. The highest BCUT2D eigenvalue weighted by Crippen LogP contribution is 2.14. The van der Waals surface area contributed by atoms with Gasteiger partial charge in [0.25, 0.3) is 0 Å². The van der Waals surface area contributed by atoms with Crippen LogP contribution in [0, 0.1) is 5.82 Å². The van der Waals surface area contributed by atoms with Gasteiger partial charge in [0.1, 0.15) is 6.61 Å². The Hall–Kier alpha value is -0.550. The lowest BCUT2D eigenvalue weighted by Crippen LogP contribution is -3.00. The SMILES string of the molecule is COCCNCCOc1ccccc1F.[Cl-].[Cl-]. The van der Waals surface area contributed by atoms with Gasteiger partial charge in [0.05, 0.1) is 6.61 Å². The number of rotatable bonds is 7. The molecule has 0 aliphatic carbocycles. The Balaban J connectivity index is 0. The molecule has 0 radical (unpaired) electrons. The standard InChI is InChI=1S/C11H16FNO2.2ClH/c1-14-8-6-13-7-9-15-11-5-3-2-4-10(11)12;;/h2-5,13H,6-9H2,1H3;2*1H/p-2. The average molecular weight is 284 g/mol. The lowest BCUT2D eigenvalue weighted by Gasteiger charge is -2.07. The quantitative estimate of drug-likeness (QED) is 0.512. The van der Waals surface area contributed by atoms with Gasteiger partial charge in [0, 0.05) is 20.2 Å². The number of nitrogens with one attached hydrogen (secondary N) is 1. The van der Waals surface area contributed by atoms with Crippen molar-refractivity contribution in [3.63, 3.8) is 0 Å². The van der Waals surface area contributed by atoms with Crippen LogP contribution in [0.15, 0.2) is 24.3 Å². The summed E-state index contributed by atoms with van der Waals surface area (Å²) < 4.78 is 23.2. The first kappa shape index (κ1) is 18.8. The molecule has 1 aromatic rings. The molecule has 0 fully saturated rings. The van der Waals surface area contributed by atoms with E-state index in [1.807, 2.05) is 0 Å². The van der Waals surface area contributed by atoms with Crippen LogP contribution < -0.4 is 34.9 Å². The minimum atomic E-state index is -0.325. The molecular formula is C11H16Cl2FNO2-2. The Morgan fingerprint density at radius 3 is 2.41 bits per heavy atom. The summed E-state index contributed by atoms with van der Waals surface area (Å²) >= 11 is 0. The van der Waals surface area contributed by atoms with Gasteiger partial charge in [-0.3, -0.25) is 0 Å². The molecule has 0 saturated heterocycles. The van der Waals surface area contributed by atoms with Crippen LogP contribution in [-0.4, -0.2) is 33.4 Å². The second-order valence-electron chi connectivity index (χ2n) is 3.02. The lowest BCUT2D eigenvalue weighted by atomic mass is 10.3. The zero-order chi connectivity index (χ0) is 10.9. The van der Waals surface area contributed by atoms with Gasteiger partial charge in [-0.25, -0.2) is 4.39 Å². The summed E-state index contributed by atoms with van der Waals surface area (Å²) in [6.45, 7) is 2.57. The van der Waals surface area contributed by atoms with Gasteiger partial charge in [0.15, 0.2) is 11.6 Å². The fourth-order valence-electron chi connectivity index (χ4n) is 1.09. The van der Waals surface area contributed by atoms with E-state index in [2.05, 4.69) is 5.32 Å². The topological polar surface area (TPSA) is 30.5 Å². The van der Waals surface area contributed by atoms with Crippen LogP contribution in [0.5, 0.6) is 5.75 Å². The Morgan fingerprint density at radius 1 is 1.12 bits per heavy atom. The molecule has 0 saturated carbocycles. The fraction of sp³-hybridized carbons (Fsp3) is 0.455.